The Labute approximate surface area is 165 Å². The first-order chi connectivity index (χ1) is 14.2. The molecule has 2 amide bonds. The quantitative estimate of drug-likeness (QED) is 0.574. The van der Waals surface area contributed by atoms with Crippen LogP contribution in [0.4, 0.5) is 5.69 Å². The summed E-state index contributed by atoms with van der Waals surface area (Å²) in [6.07, 6.45) is 1.18. The molecular weight excluding hydrogens is 376 g/mol. The first kappa shape index (κ1) is 18.3. The van der Waals surface area contributed by atoms with Gasteiger partial charge in [0.25, 0.3) is 11.8 Å². The highest BCUT2D eigenvalue weighted by molar-refractivity contribution is 6.17. The normalized spacial score (nSPS) is 13.6. The van der Waals surface area contributed by atoms with Crippen LogP contribution >= 0.6 is 0 Å². The van der Waals surface area contributed by atoms with E-state index in [1.54, 1.807) is 24.3 Å². The summed E-state index contributed by atoms with van der Waals surface area (Å²) in [5, 5.41) is 23.4. The van der Waals surface area contributed by atoms with Crippen molar-refractivity contribution in [1.29, 1.82) is 0 Å². The van der Waals surface area contributed by atoms with Gasteiger partial charge in [-0.1, -0.05) is 35.4 Å². The fraction of sp³-hybridized carbons (Fsp3) is 0.105. The number of para-hydroxylation sites is 3. The van der Waals surface area contributed by atoms with Crippen molar-refractivity contribution in [3.05, 3.63) is 66.4 Å². The zero-order valence-corrected chi connectivity index (χ0v) is 15.1. The summed E-state index contributed by atoms with van der Waals surface area (Å²) in [6.45, 7) is -0.371. The summed E-state index contributed by atoms with van der Waals surface area (Å²) in [5.74, 6) is -0.646. The lowest BCUT2D eigenvalue weighted by Crippen LogP contribution is -2.34. The number of ether oxygens (including phenoxy) is 1. The predicted octanol–water partition coefficient (Wildman–Crippen LogP) is 1.11. The predicted molar refractivity (Wildman–Crippen MR) is 101 cm³/mol. The first-order valence-electron chi connectivity index (χ1n) is 8.73. The smallest absolute Gasteiger partial charge is 0.345 e. The molecule has 1 aromatic heterocycles. The van der Waals surface area contributed by atoms with E-state index >= 15 is 0 Å². The molecule has 0 bridgehead atoms. The molecule has 0 atom stereocenters. The maximum Gasteiger partial charge on any atom is 0.345 e. The highest BCUT2D eigenvalue weighted by atomic mass is 16.5. The monoisotopic (exact) mass is 392 g/mol. The van der Waals surface area contributed by atoms with E-state index in [1.165, 1.54) is 10.8 Å². The van der Waals surface area contributed by atoms with Gasteiger partial charge in [-0.05, 0) is 34.7 Å². The van der Waals surface area contributed by atoms with Crippen molar-refractivity contribution in [2.75, 3.05) is 18.5 Å². The Balaban J connectivity index is 1.58. The lowest BCUT2D eigenvalue weighted by Gasteiger charge is -2.15. The number of nitrogens with zero attached hydrogens (tertiary/aromatic N) is 5. The molecule has 29 heavy (non-hydrogen) atoms. The summed E-state index contributed by atoms with van der Waals surface area (Å²) < 4.78 is 7.30. The SMILES string of the molecule is O=C1C=C(Nc2ccccc2Oc2nnnn2-c2ccccc2)C(=O)N1CCO. The molecule has 10 nitrogen and oxygen atoms in total. The Hall–Kier alpha value is -4.05. The number of carbonyl (C=O) groups excluding carboxylic acids is 2. The number of amides is 2. The minimum Gasteiger partial charge on any atom is -0.421 e. The number of benzene rings is 2. The van der Waals surface area contributed by atoms with Crippen LogP contribution < -0.4 is 10.1 Å². The van der Waals surface area contributed by atoms with Gasteiger partial charge >= 0.3 is 6.01 Å². The fourth-order valence-electron chi connectivity index (χ4n) is 2.79. The minimum absolute atomic E-state index is 0.0661. The van der Waals surface area contributed by atoms with Crippen LogP contribution in [-0.4, -0.2) is 55.2 Å². The van der Waals surface area contributed by atoms with Crippen LogP contribution in [-0.2, 0) is 9.59 Å². The highest BCUT2D eigenvalue weighted by Crippen LogP contribution is 2.30. The molecule has 0 saturated carbocycles. The van der Waals surface area contributed by atoms with Gasteiger partial charge in [0.1, 0.15) is 5.70 Å². The van der Waals surface area contributed by atoms with E-state index in [-0.39, 0.29) is 24.9 Å². The van der Waals surface area contributed by atoms with Gasteiger partial charge in [0.15, 0.2) is 5.75 Å². The number of nitrogens with one attached hydrogen (secondary N) is 1. The average molecular weight is 392 g/mol. The largest absolute Gasteiger partial charge is 0.421 e. The summed E-state index contributed by atoms with van der Waals surface area (Å²) in [4.78, 5) is 25.3. The number of carbonyl (C=O) groups is 2. The molecule has 1 aliphatic rings. The van der Waals surface area contributed by atoms with E-state index in [1.807, 2.05) is 30.3 Å². The summed E-state index contributed by atoms with van der Waals surface area (Å²) in [5.41, 5.74) is 1.26. The molecule has 0 radical (unpaired) electrons. The van der Waals surface area contributed by atoms with Gasteiger partial charge < -0.3 is 15.2 Å². The maximum atomic E-state index is 12.4. The van der Waals surface area contributed by atoms with Crippen molar-refractivity contribution in [2.45, 2.75) is 0 Å². The number of aliphatic hydroxyl groups excluding tert-OH is 1. The fourth-order valence-corrected chi connectivity index (χ4v) is 2.79. The van der Waals surface area contributed by atoms with Gasteiger partial charge in [0, 0.05) is 6.08 Å². The Morgan fingerprint density at radius 1 is 1.03 bits per heavy atom. The molecule has 2 N–H and O–H groups in total. The van der Waals surface area contributed by atoms with Crippen molar-refractivity contribution in [1.82, 2.24) is 25.1 Å². The van der Waals surface area contributed by atoms with Crippen molar-refractivity contribution >= 4 is 17.5 Å². The van der Waals surface area contributed by atoms with Crippen LogP contribution in [0.15, 0.2) is 66.4 Å². The number of imide groups is 1. The first-order valence-corrected chi connectivity index (χ1v) is 8.73. The molecule has 146 valence electrons. The van der Waals surface area contributed by atoms with Gasteiger partial charge in [-0.25, -0.2) is 0 Å². The number of rotatable bonds is 7. The Kier molecular flexibility index (Phi) is 4.99. The van der Waals surface area contributed by atoms with Gasteiger partial charge in [0.05, 0.1) is 24.5 Å². The highest BCUT2D eigenvalue weighted by Gasteiger charge is 2.31. The molecule has 0 aliphatic carbocycles. The number of aliphatic hydroxyl groups is 1. The van der Waals surface area contributed by atoms with E-state index in [4.69, 9.17) is 9.84 Å². The number of hydrogen-bond donors (Lipinski definition) is 2. The third kappa shape index (κ3) is 3.69. The number of aromatic nitrogens is 4. The van der Waals surface area contributed by atoms with E-state index in [2.05, 4.69) is 20.8 Å². The topological polar surface area (TPSA) is 122 Å². The Morgan fingerprint density at radius 2 is 1.79 bits per heavy atom. The molecule has 0 fully saturated rings. The van der Waals surface area contributed by atoms with E-state index in [0.717, 1.165) is 10.6 Å². The van der Waals surface area contributed by atoms with Crippen LogP contribution in [0.2, 0.25) is 0 Å². The minimum atomic E-state index is -0.520. The second-order valence-electron chi connectivity index (χ2n) is 6.01. The van der Waals surface area contributed by atoms with Crippen LogP contribution in [0.25, 0.3) is 5.69 Å². The van der Waals surface area contributed by atoms with Crippen LogP contribution in [0.1, 0.15) is 0 Å². The van der Waals surface area contributed by atoms with Crippen LogP contribution in [0.3, 0.4) is 0 Å². The Bertz CT molecular complexity index is 1080. The number of anilines is 1. The summed E-state index contributed by atoms with van der Waals surface area (Å²) in [6, 6.07) is 16.3. The van der Waals surface area contributed by atoms with Crippen molar-refractivity contribution in [3.8, 4) is 17.4 Å². The molecule has 3 aromatic rings. The van der Waals surface area contributed by atoms with Crippen molar-refractivity contribution in [3.63, 3.8) is 0 Å². The number of tetrazole rings is 1. The molecule has 1 aliphatic heterocycles. The summed E-state index contributed by atoms with van der Waals surface area (Å²) in [7, 11) is 0. The molecule has 0 spiro atoms. The third-order valence-corrected chi connectivity index (χ3v) is 4.13. The average Bonchev–Trinajstić information content (AvgIpc) is 3.30. The Morgan fingerprint density at radius 3 is 2.59 bits per heavy atom. The zero-order chi connectivity index (χ0) is 20.2. The number of β-amino-alcohol motifs (C(OH)–C–C–N with tert-alkyl or cyclic N) is 1. The molecule has 10 heteroatoms. The maximum absolute atomic E-state index is 12.4. The second kappa shape index (κ2) is 7.90. The van der Waals surface area contributed by atoms with Gasteiger partial charge in [-0.2, -0.15) is 4.68 Å². The standard InChI is InChI=1S/C19H16N6O4/c26-11-10-24-17(27)12-15(18(24)28)20-14-8-4-5-9-16(14)29-19-21-22-23-25(19)13-6-2-1-3-7-13/h1-9,12,20,26H,10-11H2. The van der Waals surface area contributed by atoms with Crippen molar-refractivity contribution in [2.24, 2.45) is 0 Å². The molecular formula is C19H16N6O4. The van der Waals surface area contributed by atoms with E-state index in [0.29, 0.717) is 11.4 Å². The zero-order valence-electron chi connectivity index (χ0n) is 15.1. The van der Waals surface area contributed by atoms with Gasteiger partial charge in [-0.15, -0.1) is 0 Å². The molecule has 0 unspecified atom stereocenters. The van der Waals surface area contributed by atoms with Gasteiger partial charge in [0.2, 0.25) is 0 Å². The van der Waals surface area contributed by atoms with Crippen molar-refractivity contribution < 1.29 is 19.4 Å². The molecule has 0 saturated heterocycles. The molecule has 2 heterocycles. The van der Waals surface area contributed by atoms with Crippen LogP contribution in [0, 0.1) is 0 Å². The van der Waals surface area contributed by atoms with E-state index in [9.17, 15) is 9.59 Å². The number of hydrogen-bond acceptors (Lipinski definition) is 8. The lowest BCUT2D eigenvalue weighted by atomic mass is 10.2. The molecule has 4 rings (SSSR count). The van der Waals surface area contributed by atoms with Gasteiger partial charge in [-0.3, -0.25) is 14.5 Å². The second-order valence-corrected chi connectivity index (χ2v) is 6.01. The summed E-state index contributed by atoms with van der Waals surface area (Å²) >= 11 is 0. The molecule has 2 aromatic carbocycles. The lowest BCUT2D eigenvalue weighted by molar-refractivity contribution is -0.137. The van der Waals surface area contributed by atoms with Crippen LogP contribution in [0.5, 0.6) is 11.8 Å². The third-order valence-electron chi connectivity index (χ3n) is 4.13. The van der Waals surface area contributed by atoms with E-state index < -0.39 is 11.8 Å².